The first-order valence-corrected chi connectivity index (χ1v) is 15.7. The molecule has 1 aliphatic rings. The number of nitrogens with zero attached hydrogens (tertiary/aromatic N) is 3. The highest BCUT2D eigenvalue weighted by atomic mass is 127. The number of methoxy groups -OCH3 is 1. The number of phenols is 1. The van der Waals surface area contributed by atoms with E-state index in [-0.39, 0.29) is 17.2 Å². The van der Waals surface area contributed by atoms with E-state index in [1.54, 1.807) is 16.6 Å². The molecule has 5 rings (SSSR count). The molecule has 1 N–H and O–H groups in total. The Hall–Kier alpha value is -2.71. The van der Waals surface area contributed by atoms with Crippen LogP contribution < -0.4 is 19.6 Å². The minimum atomic E-state index is -0.729. The predicted molar refractivity (Wildman–Crippen MR) is 176 cm³/mol. The maximum atomic E-state index is 14.2. The molecular formula is C30H27I2N3O4S. The van der Waals surface area contributed by atoms with E-state index in [0.717, 1.165) is 21.9 Å². The van der Waals surface area contributed by atoms with Crippen molar-refractivity contribution >= 4 is 79.3 Å². The Morgan fingerprint density at radius 3 is 2.48 bits per heavy atom. The van der Waals surface area contributed by atoms with Gasteiger partial charge in [0.25, 0.3) is 11.5 Å². The van der Waals surface area contributed by atoms with Gasteiger partial charge in [-0.2, -0.15) is 0 Å². The van der Waals surface area contributed by atoms with Crippen LogP contribution in [0.2, 0.25) is 0 Å². The number of likely N-dealkylation sites (N-methyl/N-ethyl adjacent to an activating group) is 1. The largest absolute Gasteiger partial charge is 0.506 e. The van der Waals surface area contributed by atoms with Crippen molar-refractivity contribution in [2.45, 2.75) is 26.8 Å². The molecule has 206 valence electrons. The topological polar surface area (TPSA) is 84.1 Å². The summed E-state index contributed by atoms with van der Waals surface area (Å²) in [4.78, 5) is 35.3. The van der Waals surface area contributed by atoms with Crippen molar-refractivity contribution in [3.63, 3.8) is 0 Å². The molecule has 10 heteroatoms. The fourth-order valence-electron chi connectivity index (χ4n) is 5.10. The van der Waals surface area contributed by atoms with Gasteiger partial charge in [-0.3, -0.25) is 14.2 Å². The second-order valence-electron chi connectivity index (χ2n) is 9.30. The molecule has 7 nitrogen and oxygen atoms in total. The molecule has 1 atom stereocenters. The SMILES string of the molecule is CCN(CC)C(=O)C1=C(C)N=c2s/c(=C/c3cc(I)c(O)c(I)c3)c(=O)n2[C@@H]1c1c(OC)ccc2ccccc12. The van der Waals surface area contributed by atoms with Crippen molar-refractivity contribution in [1.29, 1.82) is 0 Å². The molecule has 0 aliphatic carbocycles. The number of carbonyl (C=O) groups is 1. The number of benzene rings is 3. The molecule has 1 amide bonds. The monoisotopic (exact) mass is 779 g/mol. The quantitative estimate of drug-likeness (QED) is 0.274. The van der Waals surface area contributed by atoms with E-state index in [9.17, 15) is 14.7 Å². The van der Waals surface area contributed by atoms with Crippen molar-refractivity contribution in [3.05, 3.63) is 97.8 Å². The fourth-order valence-corrected chi connectivity index (χ4v) is 7.97. The lowest BCUT2D eigenvalue weighted by Gasteiger charge is -2.30. The fraction of sp³-hybridized carbons (Fsp3) is 0.233. The van der Waals surface area contributed by atoms with Crippen LogP contribution in [0.5, 0.6) is 11.5 Å². The molecule has 40 heavy (non-hydrogen) atoms. The number of amides is 1. The van der Waals surface area contributed by atoms with Crippen LogP contribution in [0.15, 0.2) is 69.6 Å². The molecule has 0 fully saturated rings. The van der Waals surface area contributed by atoms with Crippen LogP contribution in [0, 0.1) is 7.14 Å². The van der Waals surface area contributed by atoms with Crippen LogP contribution in [0.3, 0.4) is 0 Å². The number of halogens is 2. The third-order valence-corrected chi connectivity index (χ3v) is 9.69. The smallest absolute Gasteiger partial charge is 0.271 e. The Morgan fingerprint density at radius 1 is 1.15 bits per heavy atom. The van der Waals surface area contributed by atoms with Gasteiger partial charge in [0.05, 0.1) is 30.1 Å². The maximum absolute atomic E-state index is 14.2. The molecule has 4 aromatic rings. The molecule has 0 radical (unpaired) electrons. The van der Waals surface area contributed by atoms with Gasteiger partial charge in [0, 0.05) is 18.7 Å². The van der Waals surface area contributed by atoms with Crippen LogP contribution in [0.4, 0.5) is 0 Å². The number of aromatic nitrogens is 1. The standard InChI is InChI=1S/C30H27I2N3O4S/c1-5-34(6-2)29(38)24-16(3)33-30-35(26(24)25-19-10-8-7-9-18(19)11-12-22(25)39-4)28(37)23(40-30)15-17-13-20(31)27(36)21(32)14-17/h7-15,26,36H,5-6H2,1-4H3/b23-15+/t26-/m0/s1. The summed E-state index contributed by atoms with van der Waals surface area (Å²) in [6, 6.07) is 14.7. The van der Waals surface area contributed by atoms with Crippen LogP contribution in [-0.4, -0.2) is 40.7 Å². The number of phenolic OH excluding ortho intramolecular Hbond substituents is 1. The average Bonchev–Trinajstić information content (AvgIpc) is 3.24. The first kappa shape index (κ1) is 28.8. The molecule has 0 saturated heterocycles. The van der Waals surface area contributed by atoms with E-state index in [2.05, 4.69) is 45.2 Å². The Labute approximate surface area is 262 Å². The summed E-state index contributed by atoms with van der Waals surface area (Å²) in [5, 5.41) is 12.1. The van der Waals surface area contributed by atoms with E-state index in [0.29, 0.717) is 46.6 Å². The predicted octanol–water partition coefficient (Wildman–Crippen LogP) is 5.18. The minimum Gasteiger partial charge on any atom is -0.506 e. The third kappa shape index (κ3) is 4.98. The summed E-state index contributed by atoms with van der Waals surface area (Å²) in [6.07, 6.45) is 1.82. The van der Waals surface area contributed by atoms with Gasteiger partial charge in [0.15, 0.2) is 4.80 Å². The number of ether oxygens (including phenoxy) is 1. The van der Waals surface area contributed by atoms with Crippen LogP contribution in [0.1, 0.15) is 37.9 Å². The van der Waals surface area contributed by atoms with Gasteiger partial charge in [-0.15, -0.1) is 0 Å². The number of carbonyl (C=O) groups excluding carboxylic acids is 1. The Bertz CT molecular complexity index is 1850. The summed E-state index contributed by atoms with van der Waals surface area (Å²) in [5.41, 5.74) is 2.36. The molecule has 1 aliphatic heterocycles. The van der Waals surface area contributed by atoms with Crippen molar-refractivity contribution in [2.24, 2.45) is 4.99 Å². The zero-order chi connectivity index (χ0) is 28.7. The van der Waals surface area contributed by atoms with Crippen LogP contribution in [-0.2, 0) is 4.79 Å². The summed E-state index contributed by atoms with van der Waals surface area (Å²) in [6.45, 7) is 6.80. The molecule has 0 bridgehead atoms. The summed E-state index contributed by atoms with van der Waals surface area (Å²) in [5.74, 6) is 0.668. The summed E-state index contributed by atoms with van der Waals surface area (Å²) in [7, 11) is 1.60. The van der Waals surface area contributed by atoms with Gasteiger partial charge in [-0.1, -0.05) is 41.7 Å². The highest BCUT2D eigenvalue weighted by molar-refractivity contribution is 14.1. The van der Waals surface area contributed by atoms with E-state index in [4.69, 9.17) is 9.73 Å². The van der Waals surface area contributed by atoms with Gasteiger partial charge >= 0.3 is 0 Å². The highest BCUT2D eigenvalue weighted by Gasteiger charge is 2.36. The van der Waals surface area contributed by atoms with Gasteiger partial charge in [-0.05, 0) is 107 Å². The van der Waals surface area contributed by atoms with E-state index in [1.807, 2.05) is 75.4 Å². The molecule has 0 saturated carbocycles. The number of thiazole rings is 1. The van der Waals surface area contributed by atoms with Crippen LogP contribution >= 0.6 is 56.5 Å². The lowest BCUT2D eigenvalue weighted by molar-refractivity contribution is -0.127. The van der Waals surface area contributed by atoms with E-state index >= 15 is 0 Å². The number of allylic oxidation sites excluding steroid dienone is 1. The first-order valence-electron chi connectivity index (χ1n) is 12.8. The van der Waals surface area contributed by atoms with Crippen molar-refractivity contribution < 1.29 is 14.6 Å². The first-order chi connectivity index (χ1) is 19.2. The molecule has 3 aromatic carbocycles. The average molecular weight is 779 g/mol. The lowest BCUT2D eigenvalue weighted by Crippen LogP contribution is -2.43. The number of hydrogen-bond acceptors (Lipinski definition) is 6. The van der Waals surface area contributed by atoms with Gasteiger partial charge in [0.2, 0.25) is 0 Å². The van der Waals surface area contributed by atoms with Gasteiger partial charge in [-0.25, -0.2) is 4.99 Å². The molecule has 0 unspecified atom stereocenters. The number of aromatic hydroxyl groups is 1. The number of hydrogen-bond donors (Lipinski definition) is 1. The Kier molecular flexibility index (Phi) is 8.39. The number of fused-ring (bicyclic) bond motifs is 2. The summed E-state index contributed by atoms with van der Waals surface area (Å²) >= 11 is 5.45. The minimum absolute atomic E-state index is 0.150. The Balaban J connectivity index is 1.85. The van der Waals surface area contributed by atoms with Crippen molar-refractivity contribution in [2.75, 3.05) is 20.2 Å². The molecular weight excluding hydrogens is 752 g/mol. The van der Waals surface area contributed by atoms with Crippen molar-refractivity contribution in [1.82, 2.24) is 9.47 Å². The molecule has 1 aromatic heterocycles. The van der Waals surface area contributed by atoms with Gasteiger partial charge < -0.3 is 14.7 Å². The second-order valence-corrected chi connectivity index (χ2v) is 12.6. The molecule has 2 heterocycles. The van der Waals surface area contributed by atoms with Gasteiger partial charge in [0.1, 0.15) is 17.5 Å². The second kappa shape index (κ2) is 11.6. The Morgan fingerprint density at radius 2 is 1.82 bits per heavy atom. The zero-order valence-electron chi connectivity index (χ0n) is 22.4. The third-order valence-electron chi connectivity index (χ3n) is 7.06. The van der Waals surface area contributed by atoms with E-state index in [1.165, 1.54) is 11.3 Å². The summed E-state index contributed by atoms with van der Waals surface area (Å²) < 4.78 is 9.38. The van der Waals surface area contributed by atoms with Crippen molar-refractivity contribution in [3.8, 4) is 11.5 Å². The zero-order valence-corrected chi connectivity index (χ0v) is 27.5. The van der Waals surface area contributed by atoms with E-state index < -0.39 is 6.04 Å². The maximum Gasteiger partial charge on any atom is 0.271 e. The highest BCUT2D eigenvalue weighted by Crippen LogP contribution is 2.40. The lowest BCUT2D eigenvalue weighted by atomic mass is 9.90. The number of rotatable bonds is 6. The van der Waals surface area contributed by atoms with Crippen LogP contribution in [0.25, 0.3) is 16.8 Å². The normalized spacial score (nSPS) is 15.2. The molecule has 0 spiro atoms.